The van der Waals surface area contributed by atoms with Crippen LogP contribution in [0.25, 0.3) is 10.8 Å². The molecule has 1 aromatic carbocycles. The highest BCUT2D eigenvalue weighted by molar-refractivity contribution is 7.07. The van der Waals surface area contributed by atoms with Crippen LogP contribution in [0, 0.1) is 0 Å². The molecule has 3 aromatic rings. The van der Waals surface area contributed by atoms with Crippen LogP contribution >= 0.6 is 22.9 Å². The van der Waals surface area contributed by atoms with E-state index in [0.29, 0.717) is 10.7 Å². The van der Waals surface area contributed by atoms with Crippen LogP contribution < -0.4 is 5.32 Å². The lowest BCUT2D eigenvalue weighted by Gasteiger charge is -2.14. The Labute approximate surface area is 131 Å². The molecule has 2 aromatic heterocycles. The van der Waals surface area contributed by atoms with Crippen LogP contribution in [0.1, 0.15) is 28.9 Å². The summed E-state index contributed by atoms with van der Waals surface area (Å²) in [6.07, 6.45) is 1.53. The van der Waals surface area contributed by atoms with Crippen LogP contribution in [0.4, 0.5) is 0 Å². The Kier molecular flexibility index (Phi) is 3.90. The third kappa shape index (κ3) is 2.77. The molecule has 0 saturated heterocycles. The van der Waals surface area contributed by atoms with Crippen molar-refractivity contribution in [2.45, 2.75) is 13.0 Å². The van der Waals surface area contributed by atoms with Gasteiger partial charge < -0.3 is 5.32 Å². The van der Waals surface area contributed by atoms with Crippen LogP contribution in [0.3, 0.4) is 0 Å². The minimum absolute atomic E-state index is 0.0433. The molecular formula is C16H13ClN2OS. The van der Waals surface area contributed by atoms with E-state index in [1.807, 2.05) is 48.0 Å². The number of rotatable bonds is 3. The van der Waals surface area contributed by atoms with Crippen molar-refractivity contribution in [3.05, 3.63) is 63.6 Å². The smallest absolute Gasteiger partial charge is 0.253 e. The van der Waals surface area contributed by atoms with Gasteiger partial charge in [-0.3, -0.25) is 4.79 Å². The van der Waals surface area contributed by atoms with E-state index in [9.17, 15) is 4.79 Å². The van der Waals surface area contributed by atoms with E-state index in [1.54, 1.807) is 11.3 Å². The summed E-state index contributed by atoms with van der Waals surface area (Å²) in [5, 5.41) is 9.03. The maximum Gasteiger partial charge on any atom is 0.253 e. The van der Waals surface area contributed by atoms with Crippen molar-refractivity contribution in [2.75, 3.05) is 0 Å². The number of hydrogen-bond acceptors (Lipinski definition) is 3. The molecule has 3 rings (SSSR count). The fourth-order valence-corrected chi connectivity index (χ4v) is 3.19. The minimum atomic E-state index is -0.144. The Morgan fingerprint density at radius 2 is 2.05 bits per heavy atom. The van der Waals surface area contributed by atoms with Gasteiger partial charge in [-0.25, -0.2) is 4.98 Å². The summed E-state index contributed by atoms with van der Waals surface area (Å²) >= 11 is 7.69. The number of aromatic nitrogens is 1. The van der Waals surface area contributed by atoms with E-state index in [2.05, 4.69) is 10.3 Å². The molecule has 1 unspecified atom stereocenters. The molecule has 2 heterocycles. The molecule has 0 fully saturated rings. The number of benzene rings is 1. The second-order valence-electron chi connectivity index (χ2n) is 4.76. The van der Waals surface area contributed by atoms with Crippen molar-refractivity contribution in [2.24, 2.45) is 0 Å². The van der Waals surface area contributed by atoms with Gasteiger partial charge in [0.15, 0.2) is 0 Å². The first-order chi connectivity index (χ1) is 10.2. The van der Waals surface area contributed by atoms with E-state index in [4.69, 9.17) is 11.6 Å². The Morgan fingerprint density at radius 1 is 1.29 bits per heavy atom. The Balaban J connectivity index is 1.93. The first-order valence-electron chi connectivity index (χ1n) is 6.53. The molecular weight excluding hydrogens is 304 g/mol. The van der Waals surface area contributed by atoms with Crippen LogP contribution in [-0.4, -0.2) is 10.9 Å². The average Bonchev–Trinajstić information content (AvgIpc) is 3.02. The number of carbonyl (C=O) groups is 1. The number of carbonyl (C=O) groups excluding carboxylic acids is 1. The molecule has 1 atom stereocenters. The lowest BCUT2D eigenvalue weighted by atomic mass is 10.1. The molecule has 0 aliphatic carbocycles. The summed E-state index contributed by atoms with van der Waals surface area (Å²) in [4.78, 5) is 16.6. The quantitative estimate of drug-likeness (QED) is 0.726. The van der Waals surface area contributed by atoms with E-state index in [1.165, 1.54) is 6.20 Å². The fraction of sp³-hybridized carbons (Fsp3) is 0.125. The summed E-state index contributed by atoms with van der Waals surface area (Å²) in [6, 6.07) is 9.48. The Bertz CT molecular complexity index is 786. The number of amides is 1. The zero-order chi connectivity index (χ0) is 14.8. The minimum Gasteiger partial charge on any atom is -0.345 e. The molecule has 0 radical (unpaired) electrons. The maximum atomic E-state index is 12.5. The molecule has 1 amide bonds. The standard InChI is InChI=1S/C16H13ClN2OS/c1-10(11-6-7-21-9-11)19-16(20)14-8-18-15(17)13-5-3-2-4-12(13)14/h2-10H,1H3,(H,19,20). The van der Waals surface area contributed by atoms with Gasteiger partial charge in [0.2, 0.25) is 0 Å². The van der Waals surface area contributed by atoms with Gasteiger partial charge in [0.05, 0.1) is 11.6 Å². The Morgan fingerprint density at radius 3 is 2.76 bits per heavy atom. The highest BCUT2D eigenvalue weighted by Gasteiger charge is 2.15. The number of nitrogens with zero attached hydrogens (tertiary/aromatic N) is 1. The Hall–Kier alpha value is -1.91. The number of hydrogen-bond donors (Lipinski definition) is 1. The van der Waals surface area contributed by atoms with Crippen LogP contribution in [0.15, 0.2) is 47.3 Å². The van der Waals surface area contributed by atoms with E-state index < -0.39 is 0 Å². The summed E-state index contributed by atoms with van der Waals surface area (Å²) in [5.74, 6) is -0.144. The van der Waals surface area contributed by atoms with E-state index in [-0.39, 0.29) is 11.9 Å². The van der Waals surface area contributed by atoms with Gasteiger partial charge in [-0.1, -0.05) is 35.9 Å². The number of fused-ring (bicyclic) bond motifs is 1. The third-order valence-electron chi connectivity index (χ3n) is 3.38. The fourth-order valence-electron chi connectivity index (χ4n) is 2.22. The molecule has 1 N–H and O–H groups in total. The zero-order valence-corrected chi connectivity index (χ0v) is 12.9. The molecule has 0 spiro atoms. The summed E-state index contributed by atoms with van der Waals surface area (Å²) in [6.45, 7) is 1.96. The highest BCUT2D eigenvalue weighted by atomic mass is 35.5. The van der Waals surface area contributed by atoms with Crippen molar-refractivity contribution >= 4 is 39.6 Å². The predicted octanol–water partition coefficient (Wildman–Crippen LogP) is 4.44. The molecule has 106 valence electrons. The summed E-state index contributed by atoms with van der Waals surface area (Å²) in [5.41, 5.74) is 1.64. The van der Waals surface area contributed by atoms with Crippen LogP contribution in [0.2, 0.25) is 5.15 Å². The maximum absolute atomic E-state index is 12.5. The lowest BCUT2D eigenvalue weighted by molar-refractivity contribution is 0.0941. The SMILES string of the molecule is CC(NC(=O)c1cnc(Cl)c2ccccc12)c1ccsc1. The van der Waals surface area contributed by atoms with Crippen molar-refractivity contribution in [3.63, 3.8) is 0 Å². The first-order valence-corrected chi connectivity index (χ1v) is 7.85. The van der Waals surface area contributed by atoms with Crippen molar-refractivity contribution in [3.8, 4) is 0 Å². The number of pyridine rings is 1. The van der Waals surface area contributed by atoms with Gasteiger partial charge in [0, 0.05) is 11.6 Å². The van der Waals surface area contributed by atoms with Gasteiger partial charge in [-0.05, 0) is 34.7 Å². The lowest BCUT2D eigenvalue weighted by Crippen LogP contribution is -2.26. The third-order valence-corrected chi connectivity index (χ3v) is 4.38. The van der Waals surface area contributed by atoms with Crippen LogP contribution in [-0.2, 0) is 0 Å². The summed E-state index contributed by atoms with van der Waals surface area (Å²) < 4.78 is 0. The second-order valence-corrected chi connectivity index (χ2v) is 5.90. The van der Waals surface area contributed by atoms with Crippen molar-refractivity contribution < 1.29 is 4.79 Å². The number of nitrogens with one attached hydrogen (secondary N) is 1. The molecule has 3 nitrogen and oxygen atoms in total. The monoisotopic (exact) mass is 316 g/mol. The molecule has 0 aliphatic rings. The number of halogens is 1. The second kappa shape index (κ2) is 5.84. The van der Waals surface area contributed by atoms with Crippen molar-refractivity contribution in [1.29, 1.82) is 0 Å². The van der Waals surface area contributed by atoms with Gasteiger partial charge in [-0.15, -0.1) is 0 Å². The number of thiophene rings is 1. The highest BCUT2D eigenvalue weighted by Crippen LogP contribution is 2.25. The molecule has 0 saturated carbocycles. The van der Waals surface area contributed by atoms with Gasteiger partial charge in [-0.2, -0.15) is 11.3 Å². The largest absolute Gasteiger partial charge is 0.345 e. The predicted molar refractivity (Wildman–Crippen MR) is 87.0 cm³/mol. The molecule has 5 heteroatoms. The topological polar surface area (TPSA) is 42.0 Å². The molecule has 0 bridgehead atoms. The molecule has 0 aliphatic heterocycles. The van der Waals surface area contributed by atoms with Gasteiger partial charge in [0.1, 0.15) is 5.15 Å². The van der Waals surface area contributed by atoms with E-state index in [0.717, 1.165) is 16.3 Å². The van der Waals surface area contributed by atoms with E-state index >= 15 is 0 Å². The van der Waals surface area contributed by atoms with Gasteiger partial charge >= 0.3 is 0 Å². The zero-order valence-electron chi connectivity index (χ0n) is 11.3. The molecule has 21 heavy (non-hydrogen) atoms. The van der Waals surface area contributed by atoms with Crippen molar-refractivity contribution in [1.82, 2.24) is 10.3 Å². The van der Waals surface area contributed by atoms with Crippen LogP contribution in [0.5, 0.6) is 0 Å². The summed E-state index contributed by atoms with van der Waals surface area (Å²) in [7, 11) is 0. The average molecular weight is 317 g/mol. The first kappa shape index (κ1) is 14.0. The normalized spacial score (nSPS) is 12.3. The van der Waals surface area contributed by atoms with Gasteiger partial charge in [0.25, 0.3) is 5.91 Å².